The predicted octanol–water partition coefficient (Wildman–Crippen LogP) is 3.73. The van der Waals surface area contributed by atoms with Crippen LogP contribution in [0.4, 0.5) is 5.69 Å². The lowest BCUT2D eigenvalue weighted by Gasteiger charge is -2.18. The van der Waals surface area contributed by atoms with Gasteiger partial charge in [-0.1, -0.05) is 23.7 Å². The topological polar surface area (TPSA) is 40.6 Å². The number of halogens is 1. The van der Waals surface area contributed by atoms with E-state index in [0.29, 0.717) is 19.4 Å². The molecular formula is C18H19ClN2O2S. The molecule has 1 saturated heterocycles. The second kappa shape index (κ2) is 7.36. The number of thiophene rings is 1. The van der Waals surface area contributed by atoms with E-state index in [4.69, 9.17) is 11.6 Å². The Bertz CT molecular complexity index is 742. The number of hydrogen-bond acceptors (Lipinski definition) is 3. The first-order chi connectivity index (χ1) is 11.5. The lowest BCUT2D eigenvalue weighted by Crippen LogP contribution is -2.27. The molecule has 4 nitrogen and oxygen atoms in total. The average Bonchev–Trinajstić information content (AvgIpc) is 3.16. The van der Waals surface area contributed by atoms with Gasteiger partial charge in [-0.2, -0.15) is 0 Å². The average molecular weight is 363 g/mol. The summed E-state index contributed by atoms with van der Waals surface area (Å²) in [5, 5.41) is 0. The molecule has 2 aromatic rings. The zero-order chi connectivity index (χ0) is 17.1. The molecule has 1 aliphatic heterocycles. The van der Waals surface area contributed by atoms with Gasteiger partial charge in [0.25, 0.3) is 0 Å². The third-order valence-electron chi connectivity index (χ3n) is 4.12. The van der Waals surface area contributed by atoms with Crippen LogP contribution in [-0.2, 0) is 22.6 Å². The first-order valence-corrected chi connectivity index (χ1v) is 9.10. The molecule has 0 aliphatic carbocycles. The van der Waals surface area contributed by atoms with E-state index >= 15 is 0 Å². The van der Waals surface area contributed by atoms with Gasteiger partial charge in [-0.05, 0) is 36.2 Å². The van der Waals surface area contributed by atoms with E-state index in [1.165, 1.54) is 11.3 Å². The number of rotatable bonds is 5. The van der Waals surface area contributed by atoms with Crippen molar-refractivity contribution in [3.8, 4) is 0 Å². The van der Waals surface area contributed by atoms with Gasteiger partial charge in [0.15, 0.2) is 0 Å². The van der Waals surface area contributed by atoms with Gasteiger partial charge < -0.3 is 9.80 Å². The molecule has 126 valence electrons. The van der Waals surface area contributed by atoms with Gasteiger partial charge in [0.2, 0.25) is 11.8 Å². The van der Waals surface area contributed by atoms with Crippen molar-refractivity contribution in [2.45, 2.75) is 25.8 Å². The number of carbonyl (C=O) groups is 2. The monoisotopic (exact) mass is 362 g/mol. The summed E-state index contributed by atoms with van der Waals surface area (Å²) in [6.07, 6.45) is 1.89. The van der Waals surface area contributed by atoms with E-state index in [9.17, 15) is 9.59 Å². The highest BCUT2D eigenvalue weighted by atomic mass is 35.5. The number of hydrogen-bond donors (Lipinski definition) is 0. The summed E-state index contributed by atoms with van der Waals surface area (Å²) in [5.41, 5.74) is 1.86. The van der Waals surface area contributed by atoms with Crippen molar-refractivity contribution in [1.29, 1.82) is 0 Å². The first kappa shape index (κ1) is 17.0. The second-order valence-electron chi connectivity index (χ2n) is 5.95. The summed E-state index contributed by atoms with van der Waals surface area (Å²) in [6.45, 7) is 1.35. The highest BCUT2D eigenvalue weighted by Gasteiger charge is 2.21. The van der Waals surface area contributed by atoms with E-state index in [2.05, 4.69) is 0 Å². The van der Waals surface area contributed by atoms with Crippen molar-refractivity contribution in [3.63, 3.8) is 0 Å². The maximum absolute atomic E-state index is 12.3. The fourth-order valence-electron chi connectivity index (χ4n) is 2.78. The van der Waals surface area contributed by atoms with Gasteiger partial charge in [0, 0.05) is 30.6 Å². The van der Waals surface area contributed by atoms with Gasteiger partial charge >= 0.3 is 0 Å². The zero-order valence-corrected chi connectivity index (χ0v) is 15.1. The van der Waals surface area contributed by atoms with Gasteiger partial charge in [0.1, 0.15) is 0 Å². The molecule has 0 spiro atoms. The quantitative estimate of drug-likeness (QED) is 0.813. The largest absolute Gasteiger partial charge is 0.340 e. The molecule has 2 heterocycles. The van der Waals surface area contributed by atoms with Crippen LogP contribution in [0, 0.1) is 0 Å². The summed E-state index contributed by atoms with van der Waals surface area (Å²) in [6, 6.07) is 11.5. The fraction of sp³-hybridized carbons (Fsp3) is 0.333. The molecule has 1 aromatic carbocycles. The van der Waals surface area contributed by atoms with Gasteiger partial charge in [-0.15, -0.1) is 11.3 Å². The third kappa shape index (κ3) is 3.97. The summed E-state index contributed by atoms with van der Waals surface area (Å²) in [4.78, 5) is 28.7. The van der Waals surface area contributed by atoms with Crippen LogP contribution in [0.2, 0.25) is 4.34 Å². The Morgan fingerprint density at radius 3 is 2.58 bits per heavy atom. The number of benzene rings is 1. The zero-order valence-electron chi connectivity index (χ0n) is 13.5. The van der Waals surface area contributed by atoms with Crippen LogP contribution in [0.15, 0.2) is 36.4 Å². The van der Waals surface area contributed by atoms with Crippen molar-refractivity contribution in [2.75, 3.05) is 18.5 Å². The van der Waals surface area contributed by atoms with Gasteiger partial charge in [-0.25, -0.2) is 0 Å². The van der Waals surface area contributed by atoms with E-state index in [0.717, 1.165) is 33.4 Å². The summed E-state index contributed by atoms with van der Waals surface area (Å²) >= 11 is 7.41. The van der Waals surface area contributed by atoms with E-state index in [-0.39, 0.29) is 11.8 Å². The molecule has 0 atom stereocenters. The Labute approximate surface area is 150 Å². The molecule has 1 aliphatic rings. The number of carbonyl (C=O) groups excluding carboxylic acids is 2. The minimum Gasteiger partial charge on any atom is -0.340 e. The minimum atomic E-state index is 0.0597. The number of amides is 2. The van der Waals surface area contributed by atoms with Gasteiger partial charge in [0.05, 0.1) is 17.3 Å². The van der Waals surface area contributed by atoms with Crippen molar-refractivity contribution in [1.82, 2.24) is 4.90 Å². The van der Waals surface area contributed by atoms with E-state index in [1.54, 1.807) is 16.8 Å². The fourth-order valence-corrected chi connectivity index (χ4v) is 3.92. The van der Waals surface area contributed by atoms with Crippen molar-refractivity contribution in [2.24, 2.45) is 0 Å². The van der Waals surface area contributed by atoms with Crippen LogP contribution in [0.1, 0.15) is 23.3 Å². The van der Waals surface area contributed by atoms with Crippen LogP contribution in [0.5, 0.6) is 0 Å². The summed E-state index contributed by atoms with van der Waals surface area (Å²) in [7, 11) is 1.80. The summed E-state index contributed by atoms with van der Waals surface area (Å²) in [5.74, 6) is 0.234. The Balaban J connectivity index is 1.58. The molecule has 6 heteroatoms. The van der Waals surface area contributed by atoms with Crippen LogP contribution in [0.25, 0.3) is 0 Å². The number of anilines is 1. The van der Waals surface area contributed by atoms with Gasteiger partial charge in [-0.3, -0.25) is 9.59 Å². The molecule has 0 N–H and O–H groups in total. The van der Waals surface area contributed by atoms with Crippen molar-refractivity contribution < 1.29 is 9.59 Å². The first-order valence-electron chi connectivity index (χ1n) is 7.90. The maximum atomic E-state index is 12.3. The van der Waals surface area contributed by atoms with Crippen LogP contribution >= 0.6 is 22.9 Å². The third-order valence-corrected chi connectivity index (χ3v) is 5.34. The van der Waals surface area contributed by atoms with Crippen molar-refractivity contribution >= 4 is 40.4 Å². The highest BCUT2D eigenvalue weighted by Crippen LogP contribution is 2.23. The molecule has 0 radical (unpaired) electrons. The van der Waals surface area contributed by atoms with E-state index < -0.39 is 0 Å². The molecule has 1 fully saturated rings. The molecule has 3 rings (SSSR count). The maximum Gasteiger partial charge on any atom is 0.227 e. The minimum absolute atomic E-state index is 0.0597. The SMILES string of the molecule is CN(Cc1ccc(Cl)s1)C(=O)Cc1ccc(N2CCCC2=O)cc1. The molecule has 0 unspecified atom stereocenters. The molecule has 0 saturated carbocycles. The van der Waals surface area contributed by atoms with E-state index in [1.807, 2.05) is 36.4 Å². The second-order valence-corrected chi connectivity index (χ2v) is 7.75. The normalized spacial score (nSPS) is 14.2. The highest BCUT2D eigenvalue weighted by molar-refractivity contribution is 7.16. The Morgan fingerprint density at radius 2 is 2.00 bits per heavy atom. The van der Waals surface area contributed by atoms with Crippen molar-refractivity contribution in [3.05, 3.63) is 51.2 Å². The Kier molecular flexibility index (Phi) is 5.21. The lowest BCUT2D eigenvalue weighted by atomic mass is 10.1. The van der Waals surface area contributed by atoms with Crippen LogP contribution in [-0.4, -0.2) is 30.3 Å². The molecular weight excluding hydrogens is 344 g/mol. The Hall–Kier alpha value is -1.85. The number of nitrogens with zero attached hydrogens (tertiary/aromatic N) is 2. The van der Waals surface area contributed by atoms with Crippen LogP contribution in [0.3, 0.4) is 0 Å². The Morgan fingerprint density at radius 1 is 1.25 bits per heavy atom. The molecule has 1 aromatic heterocycles. The summed E-state index contributed by atoms with van der Waals surface area (Å²) < 4.78 is 0.734. The molecule has 2 amide bonds. The number of likely N-dealkylation sites (N-methyl/N-ethyl adjacent to an activating group) is 1. The standard InChI is InChI=1S/C18H19ClN2O2S/c1-20(12-15-8-9-16(19)24-15)18(23)11-13-4-6-14(7-5-13)21-10-2-3-17(21)22/h4-9H,2-3,10-12H2,1H3. The lowest BCUT2D eigenvalue weighted by molar-refractivity contribution is -0.129. The predicted molar refractivity (Wildman–Crippen MR) is 97.5 cm³/mol. The van der Waals surface area contributed by atoms with Crippen LogP contribution < -0.4 is 4.90 Å². The smallest absolute Gasteiger partial charge is 0.227 e. The molecule has 0 bridgehead atoms. The molecule has 24 heavy (non-hydrogen) atoms.